The maximum absolute atomic E-state index is 5.54. The Morgan fingerprint density at radius 1 is 1.19 bits per heavy atom. The van der Waals surface area contributed by atoms with Crippen molar-refractivity contribution in [2.45, 2.75) is 26.2 Å². The molecule has 90 valence electrons. The topological polar surface area (TPSA) is 29.3 Å². The lowest BCUT2D eigenvalue weighted by Gasteiger charge is -2.20. The second-order valence-corrected chi connectivity index (χ2v) is 4.58. The third-order valence-electron chi connectivity index (χ3n) is 3.05. The van der Waals surface area contributed by atoms with E-state index in [1.807, 2.05) is 0 Å². The zero-order valence-corrected chi connectivity index (χ0v) is 10.5. The number of nitrogens with two attached hydrogens (primary N) is 1. The summed E-state index contributed by atoms with van der Waals surface area (Å²) < 4.78 is 0. The molecule has 1 aromatic carbocycles. The van der Waals surface area contributed by atoms with E-state index in [-0.39, 0.29) is 0 Å². The van der Waals surface area contributed by atoms with Gasteiger partial charge in [0, 0.05) is 19.3 Å². The Labute approximate surface area is 99.5 Å². The van der Waals surface area contributed by atoms with Gasteiger partial charge in [-0.25, -0.2) is 0 Å². The van der Waals surface area contributed by atoms with E-state index in [0.717, 1.165) is 25.4 Å². The molecule has 0 aliphatic rings. The fraction of sp³-hybridized carbons (Fsp3) is 0.571. The average Bonchev–Trinajstić information content (AvgIpc) is 2.30. The van der Waals surface area contributed by atoms with Crippen molar-refractivity contribution in [3.8, 4) is 0 Å². The van der Waals surface area contributed by atoms with Gasteiger partial charge >= 0.3 is 0 Å². The summed E-state index contributed by atoms with van der Waals surface area (Å²) in [5.41, 5.74) is 6.84. The van der Waals surface area contributed by atoms with Crippen LogP contribution in [0, 0.1) is 5.92 Å². The molecule has 0 amide bonds. The Kier molecular flexibility index (Phi) is 5.94. The first-order chi connectivity index (χ1) is 7.74. The van der Waals surface area contributed by atoms with E-state index in [1.54, 1.807) is 0 Å². The van der Waals surface area contributed by atoms with Crippen LogP contribution >= 0.6 is 0 Å². The number of hydrogen-bond donors (Lipinski definition) is 1. The molecule has 0 bridgehead atoms. The number of hydrogen-bond acceptors (Lipinski definition) is 2. The van der Waals surface area contributed by atoms with Gasteiger partial charge in [0.1, 0.15) is 0 Å². The van der Waals surface area contributed by atoms with Gasteiger partial charge in [0.2, 0.25) is 0 Å². The van der Waals surface area contributed by atoms with Crippen LogP contribution in [0.2, 0.25) is 0 Å². The number of para-hydroxylation sites is 1. The van der Waals surface area contributed by atoms with Crippen LogP contribution in [0.4, 0.5) is 5.69 Å². The molecule has 1 aromatic rings. The van der Waals surface area contributed by atoms with Gasteiger partial charge in [-0.2, -0.15) is 0 Å². The lowest BCUT2D eigenvalue weighted by Crippen LogP contribution is -2.19. The first kappa shape index (κ1) is 13.0. The van der Waals surface area contributed by atoms with E-state index in [2.05, 4.69) is 49.2 Å². The minimum absolute atomic E-state index is 0.758. The van der Waals surface area contributed by atoms with Gasteiger partial charge in [-0.3, -0.25) is 0 Å². The Morgan fingerprint density at radius 3 is 2.50 bits per heavy atom. The molecule has 1 rings (SSSR count). The summed E-state index contributed by atoms with van der Waals surface area (Å²) >= 11 is 0. The summed E-state index contributed by atoms with van der Waals surface area (Å²) in [7, 11) is 2.16. The summed E-state index contributed by atoms with van der Waals surface area (Å²) in [6.07, 6.45) is 3.66. The van der Waals surface area contributed by atoms with Gasteiger partial charge in [-0.1, -0.05) is 25.1 Å². The molecule has 0 fully saturated rings. The van der Waals surface area contributed by atoms with Crippen LogP contribution in [0.25, 0.3) is 0 Å². The molecule has 1 unspecified atom stereocenters. The Balaban J connectivity index is 2.23. The van der Waals surface area contributed by atoms with Gasteiger partial charge in [0.15, 0.2) is 0 Å². The fourth-order valence-electron chi connectivity index (χ4n) is 1.92. The largest absolute Gasteiger partial charge is 0.375 e. The van der Waals surface area contributed by atoms with Gasteiger partial charge in [-0.15, -0.1) is 0 Å². The van der Waals surface area contributed by atoms with Crippen molar-refractivity contribution in [2.24, 2.45) is 11.7 Å². The second-order valence-electron chi connectivity index (χ2n) is 4.58. The SMILES string of the molecule is CC(CCN)CCCN(C)c1ccccc1. The van der Waals surface area contributed by atoms with Crippen LogP contribution in [0.5, 0.6) is 0 Å². The maximum Gasteiger partial charge on any atom is 0.0363 e. The van der Waals surface area contributed by atoms with Crippen molar-refractivity contribution in [1.29, 1.82) is 0 Å². The monoisotopic (exact) mass is 220 g/mol. The predicted octanol–water partition coefficient (Wildman–Crippen LogP) is 2.89. The molecule has 2 nitrogen and oxygen atoms in total. The van der Waals surface area contributed by atoms with Crippen LogP contribution in [0.15, 0.2) is 30.3 Å². The van der Waals surface area contributed by atoms with Crippen LogP contribution in [0.1, 0.15) is 26.2 Å². The summed E-state index contributed by atoms with van der Waals surface area (Å²) in [6, 6.07) is 10.5. The minimum Gasteiger partial charge on any atom is -0.375 e. The van der Waals surface area contributed by atoms with E-state index >= 15 is 0 Å². The molecule has 0 radical (unpaired) electrons. The summed E-state index contributed by atoms with van der Waals surface area (Å²) in [4.78, 5) is 2.31. The van der Waals surface area contributed by atoms with Gasteiger partial charge in [-0.05, 0) is 43.9 Å². The molecule has 2 heteroatoms. The number of rotatable bonds is 7. The molecular weight excluding hydrogens is 196 g/mol. The molecule has 0 aliphatic heterocycles. The normalized spacial score (nSPS) is 12.4. The zero-order chi connectivity index (χ0) is 11.8. The molecule has 16 heavy (non-hydrogen) atoms. The van der Waals surface area contributed by atoms with Crippen molar-refractivity contribution in [3.05, 3.63) is 30.3 Å². The molecule has 0 saturated heterocycles. The highest BCUT2D eigenvalue weighted by atomic mass is 15.1. The lowest BCUT2D eigenvalue weighted by molar-refractivity contribution is 0.482. The van der Waals surface area contributed by atoms with E-state index in [4.69, 9.17) is 5.73 Å². The number of nitrogens with zero attached hydrogens (tertiary/aromatic N) is 1. The summed E-state index contributed by atoms with van der Waals surface area (Å²) in [5, 5.41) is 0. The molecule has 0 aromatic heterocycles. The lowest BCUT2D eigenvalue weighted by atomic mass is 10.0. The van der Waals surface area contributed by atoms with Gasteiger partial charge in [0.05, 0.1) is 0 Å². The third kappa shape index (κ3) is 4.67. The average molecular weight is 220 g/mol. The van der Waals surface area contributed by atoms with Crippen LogP contribution in [0.3, 0.4) is 0 Å². The molecule has 1 atom stereocenters. The van der Waals surface area contributed by atoms with E-state index in [0.29, 0.717) is 0 Å². The molecular formula is C14H24N2. The summed E-state index contributed by atoms with van der Waals surface area (Å²) in [5.74, 6) is 0.758. The second kappa shape index (κ2) is 7.29. The van der Waals surface area contributed by atoms with Crippen LogP contribution < -0.4 is 10.6 Å². The van der Waals surface area contributed by atoms with Crippen molar-refractivity contribution >= 4 is 5.69 Å². The van der Waals surface area contributed by atoms with E-state index < -0.39 is 0 Å². The smallest absolute Gasteiger partial charge is 0.0363 e. The Bertz CT molecular complexity index is 271. The maximum atomic E-state index is 5.54. The Hall–Kier alpha value is -1.02. The van der Waals surface area contributed by atoms with Gasteiger partial charge < -0.3 is 10.6 Å². The van der Waals surface area contributed by atoms with Gasteiger partial charge in [0.25, 0.3) is 0 Å². The third-order valence-corrected chi connectivity index (χ3v) is 3.05. The predicted molar refractivity (Wildman–Crippen MR) is 71.8 cm³/mol. The first-order valence-electron chi connectivity index (χ1n) is 6.20. The van der Waals surface area contributed by atoms with Crippen molar-refractivity contribution < 1.29 is 0 Å². The summed E-state index contributed by atoms with van der Waals surface area (Å²) in [6.45, 7) is 4.23. The highest BCUT2D eigenvalue weighted by molar-refractivity contribution is 5.44. The van der Waals surface area contributed by atoms with E-state index in [9.17, 15) is 0 Å². The molecule has 2 N–H and O–H groups in total. The zero-order valence-electron chi connectivity index (χ0n) is 10.5. The highest BCUT2D eigenvalue weighted by Crippen LogP contribution is 2.14. The molecule has 0 spiro atoms. The highest BCUT2D eigenvalue weighted by Gasteiger charge is 2.03. The van der Waals surface area contributed by atoms with E-state index in [1.165, 1.54) is 18.5 Å². The Morgan fingerprint density at radius 2 is 1.88 bits per heavy atom. The number of anilines is 1. The van der Waals surface area contributed by atoms with Crippen LogP contribution in [-0.4, -0.2) is 20.1 Å². The van der Waals surface area contributed by atoms with Crippen LogP contribution in [-0.2, 0) is 0 Å². The molecule has 0 heterocycles. The quantitative estimate of drug-likeness (QED) is 0.765. The standard InChI is InChI=1S/C14H24N2/c1-13(10-11-15)7-6-12-16(2)14-8-4-3-5-9-14/h3-5,8-9,13H,6-7,10-12,15H2,1-2H3. The first-order valence-corrected chi connectivity index (χ1v) is 6.20. The minimum atomic E-state index is 0.758. The van der Waals surface area contributed by atoms with Crippen molar-refractivity contribution in [1.82, 2.24) is 0 Å². The van der Waals surface area contributed by atoms with Crippen molar-refractivity contribution in [3.63, 3.8) is 0 Å². The fourth-order valence-corrected chi connectivity index (χ4v) is 1.92. The molecule has 0 saturated carbocycles. The number of benzene rings is 1. The molecule has 0 aliphatic carbocycles. The van der Waals surface area contributed by atoms with Crippen molar-refractivity contribution in [2.75, 3.05) is 25.0 Å².